The molecule has 0 aromatic heterocycles. The number of nitrogens with zero attached hydrogens (tertiary/aromatic N) is 1. The normalized spacial score (nSPS) is 16.0. The standard InChI is InChI=1S/C18H19ClN2O3S/c19-16-6-1-4-14(12-16)8-9-20-18(22)15-5-2-7-17(13-15)21-10-3-11-25(21,23)24/h1-2,4-7,12-13H,3,8-11H2,(H,20,22). The van der Waals surface area contributed by atoms with Gasteiger partial charge in [0, 0.05) is 23.7 Å². The Morgan fingerprint density at radius 1 is 1.16 bits per heavy atom. The summed E-state index contributed by atoms with van der Waals surface area (Å²) in [5.74, 6) is -0.0660. The molecular weight excluding hydrogens is 360 g/mol. The number of benzene rings is 2. The van der Waals surface area contributed by atoms with E-state index in [2.05, 4.69) is 5.32 Å². The molecule has 7 heteroatoms. The van der Waals surface area contributed by atoms with Crippen LogP contribution < -0.4 is 9.62 Å². The number of amides is 1. The van der Waals surface area contributed by atoms with Crippen LogP contribution in [0, 0.1) is 0 Å². The first kappa shape index (κ1) is 17.8. The predicted molar refractivity (Wildman–Crippen MR) is 99.7 cm³/mol. The number of carbonyl (C=O) groups is 1. The maximum absolute atomic E-state index is 12.3. The highest BCUT2D eigenvalue weighted by molar-refractivity contribution is 7.93. The van der Waals surface area contributed by atoms with Crippen molar-refractivity contribution in [1.82, 2.24) is 5.32 Å². The van der Waals surface area contributed by atoms with Crippen molar-refractivity contribution in [3.63, 3.8) is 0 Å². The van der Waals surface area contributed by atoms with Crippen molar-refractivity contribution < 1.29 is 13.2 Å². The molecule has 132 valence electrons. The maximum atomic E-state index is 12.3. The smallest absolute Gasteiger partial charge is 0.251 e. The molecule has 2 aromatic rings. The fourth-order valence-electron chi connectivity index (χ4n) is 2.85. The average molecular weight is 379 g/mol. The number of halogens is 1. The fraction of sp³-hybridized carbons (Fsp3) is 0.278. The van der Waals surface area contributed by atoms with Gasteiger partial charge in [0.15, 0.2) is 0 Å². The first-order chi connectivity index (χ1) is 12.0. The van der Waals surface area contributed by atoms with Gasteiger partial charge in [0.05, 0.1) is 11.4 Å². The lowest BCUT2D eigenvalue weighted by atomic mass is 10.1. The molecule has 1 aliphatic heterocycles. The zero-order valence-corrected chi connectivity index (χ0v) is 15.2. The third-order valence-electron chi connectivity index (χ3n) is 4.08. The minimum absolute atomic E-state index is 0.156. The lowest BCUT2D eigenvalue weighted by Crippen LogP contribution is -2.27. The predicted octanol–water partition coefficient (Wildman–Crippen LogP) is 2.85. The second kappa shape index (κ2) is 7.45. The number of rotatable bonds is 5. The monoisotopic (exact) mass is 378 g/mol. The van der Waals surface area contributed by atoms with Gasteiger partial charge in [0.25, 0.3) is 5.91 Å². The Labute approximate surface area is 152 Å². The van der Waals surface area contributed by atoms with E-state index >= 15 is 0 Å². The molecule has 1 amide bonds. The van der Waals surface area contributed by atoms with E-state index in [1.165, 1.54) is 4.31 Å². The lowest BCUT2D eigenvalue weighted by Gasteiger charge is -2.17. The topological polar surface area (TPSA) is 66.5 Å². The first-order valence-corrected chi connectivity index (χ1v) is 10.1. The summed E-state index contributed by atoms with van der Waals surface area (Å²) >= 11 is 5.94. The van der Waals surface area contributed by atoms with E-state index in [-0.39, 0.29) is 11.7 Å². The summed E-state index contributed by atoms with van der Waals surface area (Å²) in [7, 11) is -3.25. The highest BCUT2D eigenvalue weighted by atomic mass is 35.5. The van der Waals surface area contributed by atoms with Gasteiger partial charge in [-0.15, -0.1) is 0 Å². The number of sulfonamides is 1. The highest BCUT2D eigenvalue weighted by Crippen LogP contribution is 2.24. The molecule has 1 fully saturated rings. The molecule has 5 nitrogen and oxygen atoms in total. The van der Waals surface area contributed by atoms with Gasteiger partial charge in [-0.1, -0.05) is 29.8 Å². The Morgan fingerprint density at radius 3 is 2.68 bits per heavy atom. The summed E-state index contributed by atoms with van der Waals surface area (Å²) in [4.78, 5) is 12.3. The van der Waals surface area contributed by atoms with E-state index in [4.69, 9.17) is 11.6 Å². The van der Waals surface area contributed by atoms with Crippen LogP contribution in [-0.2, 0) is 16.4 Å². The highest BCUT2D eigenvalue weighted by Gasteiger charge is 2.28. The van der Waals surface area contributed by atoms with Crippen molar-refractivity contribution >= 4 is 33.2 Å². The molecule has 1 aliphatic rings. The summed E-state index contributed by atoms with van der Waals surface area (Å²) in [6.07, 6.45) is 1.28. The van der Waals surface area contributed by atoms with Gasteiger partial charge in [-0.3, -0.25) is 9.10 Å². The second-order valence-electron chi connectivity index (χ2n) is 5.93. The van der Waals surface area contributed by atoms with Crippen LogP contribution in [0.25, 0.3) is 0 Å². The van der Waals surface area contributed by atoms with Gasteiger partial charge in [0.1, 0.15) is 0 Å². The number of hydrogen-bond acceptors (Lipinski definition) is 3. The van der Waals surface area contributed by atoms with Crippen molar-refractivity contribution in [2.75, 3.05) is 23.1 Å². The summed E-state index contributed by atoms with van der Waals surface area (Å²) in [5, 5.41) is 3.53. The maximum Gasteiger partial charge on any atom is 0.251 e. The van der Waals surface area contributed by atoms with Crippen LogP contribution in [0.3, 0.4) is 0 Å². The number of nitrogens with one attached hydrogen (secondary N) is 1. The van der Waals surface area contributed by atoms with Crippen molar-refractivity contribution in [3.05, 3.63) is 64.7 Å². The van der Waals surface area contributed by atoms with Crippen LogP contribution in [-0.4, -0.2) is 33.2 Å². The van der Waals surface area contributed by atoms with Crippen LogP contribution in [0.1, 0.15) is 22.3 Å². The van der Waals surface area contributed by atoms with Crippen LogP contribution >= 0.6 is 11.6 Å². The van der Waals surface area contributed by atoms with Crippen LogP contribution in [0.4, 0.5) is 5.69 Å². The zero-order valence-electron chi connectivity index (χ0n) is 13.6. The molecule has 0 spiro atoms. The average Bonchev–Trinajstić information content (AvgIpc) is 2.94. The lowest BCUT2D eigenvalue weighted by molar-refractivity contribution is 0.0954. The minimum atomic E-state index is -3.25. The van der Waals surface area contributed by atoms with E-state index < -0.39 is 10.0 Å². The molecule has 1 heterocycles. The Balaban J connectivity index is 1.63. The van der Waals surface area contributed by atoms with Gasteiger partial charge in [-0.05, 0) is 48.7 Å². The molecule has 0 unspecified atom stereocenters. The summed E-state index contributed by atoms with van der Waals surface area (Å²) in [5.41, 5.74) is 2.04. The zero-order chi connectivity index (χ0) is 17.9. The van der Waals surface area contributed by atoms with Gasteiger partial charge in [-0.25, -0.2) is 8.42 Å². The molecule has 0 radical (unpaired) electrons. The molecule has 25 heavy (non-hydrogen) atoms. The van der Waals surface area contributed by atoms with Crippen LogP contribution in [0.5, 0.6) is 0 Å². The molecule has 3 rings (SSSR count). The SMILES string of the molecule is O=C(NCCc1cccc(Cl)c1)c1cccc(N2CCCS2(=O)=O)c1. The van der Waals surface area contributed by atoms with Gasteiger partial charge >= 0.3 is 0 Å². The number of anilines is 1. The molecule has 2 aromatic carbocycles. The molecule has 0 bridgehead atoms. The second-order valence-corrected chi connectivity index (χ2v) is 8.38. The Hall–Kier alpha value is -2.05. The van der Waals surface area contributed by atoms with Gasteiger partial charge < -0.3 is 5.32 Å². The molecule has 0 saturated carbocycles. The third kappa shape index (κ3) is 4.32. The molecule has 0 aliphatic carbocycles. The summed E-state index contributed by atoms with van der Waals surface area (Å²) in [6.45, 7) is 0.938. The van der Waals surface area contributed by atoms with Crippen molar-refractivity contribution in [1.29, 1.82) is 0 Å². The first-order valence-electron chi connectivity index (χ1n) is 8.09. The molecular formula is C18H19ClN2O3S. The van der Waals surface area contributed by atoms with Crippen molar-refractivity contribution in [2.45, 2.75) is 12.8 Å². The van der Waals surface area contributed by atoms with E-state index in [0.717, 1.165) is 5.56 Å². The Bertz CT molecular complexity index is 883. The van der Waals surface area contributed by atoms with E-state index in [1.54, 1.807) is 24.3 Å². The summed E-state index contributed by atoms with van der Waals surface area (Å²) < 4.78 is 25.4. The van der Waals surface area contributed by atoms with E-state index in [1.807, 2.05) is 24.3 Å². The molecule has 1 saturated heterocycles. The van der Waals surface area contributed by atoms with Crippen molar-refractivity contribution in [3.8, 4) is 0 Å². The largest absolute Gasteiger partial charge is 0.352 e. The van der Waals surface area contributed by atoms with Crippen molar-refractivity contribution in [2.24, 2.45) is 0 Å². The molecule has 0 atom stereocenters. The Kier molecular flexibility index (Phi) is 5.30. The van der Waals surface area contributed by atoms with Crippen LogP contribution in [0.15, 0.2) is 48.5 Å². The Morgan fingerprint density at radius 2 is 1.96 bits per heavy atom. The van der Waals surface area contributed by atoms with Gasteiger partial charge in [0.2, 0.25) is 10.0 Å². The third-order valence-corrected chi connectivity index (χ3v) is 6.19. The molecule has 1 N–H and O–H groups in total. The summed E-state index contributed by atoms with van der Waals surface area (Å²) in [6, 6.07) is 14.2. The minimum Gasteiger partial charge on any atom is -0.352 e. The number of carbonyl (C=O) groups excluding carboxylic acids is 1. The number of hydrogen-bond donors (Lipinski definition) is 1. The van der Waals surface area contributed by atoms with E-state index in [0.29, 0.717) is 42.2 Å². The fourth-order valence-corrected chi connectivity index (χ4v) is 4.62. The van der Waals surface area contributed by atoms with E-state index in [9.17, 15) is 13.2 Å². The quantitative estimate of drug-likeness (QED) is 0.869. The van der Waals surface area contributed by atoms with Gasteiger partial charge in [-0.2, -0.15) is 0 Å². The van der Waals surface area contributed by atoms with Crippen LogP contribution in [0.2, 0.25) is 5.02 Å².